The molecule has 0 spiro atoms. The van der Waals surface area contributed by atoms with Gasteiger partial charge in [-0.25, -0.2) is 8.42 Å². The molecule has 2 aromatic rings. The number of nitrogens with one attached hydrogen (secondary N) is 3. The van der Waals surface area contributed by atoms with Gasteiger partial charge in [0.15, 0.2) is 6.17 Å². The lowest BCUT2D eigenvalue weighted by Crippen LogP contribution is -2.51. The van der Waals surface area contributed by atoms with E-state index < -0.39 is 22.1 Å². The van der Waals surface area contributed by atoms with Gasteiger partial charge in [-0.3, -0.25) is 4.79 Å². The minimum Gasteiger partial charge on any atom is -0.360 e. The predicted molar refractivity (Wildman–Crippen MR) is 88.7 cm³/mol. The Bertz CT molecular complexity index is 878. The number of hydrogen-bond donors (Lipinski definition) is 3. The van der Waals surface area contributed by atoms with E-state index in [0.717, 1.165) is 11.1 Å². The minimum absolute atomic E-state index is 0.135. The Morgan fingerprint density at radius 1 is 1.13 bits per heavy atom. The molecule has 1 heterocycles. The largest absolute Gasteiger partial charge is 0.360 e. The van der Waals surface area contributed by atoms with Gasteiger partial charge in [-0.05, 0) is 37.6 Å². The summed E-state index contributed by atoms with van der Waals surface area (Å²) >= 11 is 0. The maximum absolute atomic E-state index is 12.4. The highest BCUT2D eigenvalue weighted by molar-refractivity contribution is 7.89. The lowest BCUT2D eigenvalue weighted by Gasteiger charge is -2.27. The van der Waals surface area contributed by atoms with Crippen LogP contribution in [0.15, 0.2) is 47.4 Å². The Kier molecular flexibility index (Phi) is 3.83. The first-order valence-corrected chi connectivity index (χ1v) is 8.61. The van der Waals surface area contributed by atoms with Gasteiger partial charge in [-0.1, -0.05) is 29.8 Å². The third-order valence-corrected chi connectivity index (χ3v) is 5.13. The Morgan fingerprint density at radius 3 is 2.61 bits per heavy atom. The van der Waals surface area contributed by atoms with Gasteiger partial charge in [-0.15, -0.1) is 0 Å². The van der Waals surface area contributed by atoms with E-state index in [1.807, 2.05) is 26.0 Å². The van der Waals surface area contributed by atoms with Crippen LogP contribution in [0.25, 0.3) is 0 Å². The van der Waals surface area contributed by atoms with Crippen molar-refractivity contribution >= 4 is 27.3 Å². The minimum atomic E-state index is -3.72. The topological polar surface area (TPSA) is 87.3 Å². The summed E-state index contributed by atoms with van der Waals surface area (Å²) in [6, 6.07) is 12.1. The zero-order valence-corrected chi connectivity index (χ0v) is 13.6. The molecule has 120 valence electrons. The molecule has 0 aliphatic carbocycles. The number of hydrogen-bond acceptors (Lipinski definition) is 4. The van der Waals surface area contributed by atoms with Gasteiger partial charge in [0.25, 0.3) is 5.91 Å². The third-order valence-electron chi connectivity index (χ3n) is 3.65. The van der Waals surface area contributed by atoms with Crippen molar-refractivity contribution in [1.29, 1.82) is 0 Å². The average Bonchev–Trinajstić information content (AvgIpc) is 2.49. The van der Waals surface area contributed by atoms with E-state index in [1.54, 1.807) is 24.3 Å². The monoisotopic (exact) mass is 331 g/mol. The van der Waals surface area contributed by atoms with Crippen LogP contribution in [0, 0.1) is 13.8 Å². The summed E-state index contributed by atoms with van der Waals surface area (Å²) in [5.41, 5.74) is 3.07. The molecule has 0 radical (unpaired) electrons. The summed E-state index contributed by atoms with van der Waals surface area (Å²) in [5.74, 6) is -0.463. The highest BCUT2D eigenvalue weighted by Gasteiger charge is 2.32. The van der Waals surface area contributed by atoms with Gasteiger partial charge in [0.1, 0.15) is 4.90 Å². The number of benzene rings is 2. The molecular formula is C16H17N3O3S. The lowest BCUT2D eigenvalue weighted by atomic mass is 10.1. The molecule has 0 unspecified atom stereocenters. The molecule has 3 rings (SSSR count). The molecule has 3 N–H and O–H groups in total. The first-order chi connectivity index (χ1) is 10.9. The maximum atomic E-state index is 12.4. The molecule has 1 amide bonds. The summed E-state index contributed by atoms with van der Waals surface area (Å²) in [4.78, 5) is 12.5. The first-order valence-electron chi connectivity index (χ1n) is 7.13. The fraction of sp³-hybridized carbons (Fsp3) is 0.188. The average molecular weight is 331 g/mol. The van der Waals surface area contributed by atoms with Crippen molar-refractivity contribution in [3.05, 3.63) is 53.6 Å². The van der Waals surface area contributed by atoms with E-state index in [2.05, 4.69) is 15.4 Å². The summed E-state index contributed by atoms with van der Waals surface area (Å²) in [6.07, 6.45) is -1.06. The molecule has 1 atom stereocenters. The van der Waals surface area contributed by atoms with Crippen LogP contribution in [0.1, 0.15) is 11.1 Å². The van der Waals surface area contributed by atoms with Crippen LogP contribution in [-0.4, -0.2) is 20.5 Å². The number of anilines is 2. The van der Waals surface area contributed by atoms with Gasteiger partial charge >= 0.3 is 0 Å². The Hall–Kier alpha value is -2.38. The van der Waals surface area contributed by atoms with E-state index in [-0.39, 0.29) is 4.90 Å². The molecular weight excluding hydrogens is 314 g/mol. The lowest BCUT2D eigenvalue weighted by molar-refractivity contribution is -0.117. The smallest absolute Gasteiger partial charge is 0.262 e. The molecule has 0 saturated heterocycles. The maximum Gasteiger partial charge on any atom is 0.262 e. The Balaban J connectivity index is 1.84. The quantitative estimate of drug-likeness (QED) is 0.785. The van der Waals surface area contributed by atoms with Crippen molar-refractivity contribution in [2.24, 2.45) is 0 Å². The third kappa shape index (κ3) is 3.06. The van der Waals surface area contributed by atoms with Gasteiger partial charge in [0.2, 0.25) is 10.0 Å². The van der Waals surface area contributed by atoms with E-state index in [9.17, 15) is 13.2 Å². The number of fused-ring (bicyclic) bond motifs is 1. The number of carbonyl (C=O) groups excluding carboxylic acids is 1. The zero-order valence-electron chi connectivity index (χ0n) is 12.8. The van der Waals surface area contributed by atoms with Crippen molar-refractivity contribution in [3.63, 3.8) is 0 Å². The first kappa shape index (κ1) is 15.5. The second kappa shape index (κ2) is 5.68. The van der Waals surface area contributed by atoms with E-state index in [1.165, 1.54) is 6.07 Å². The highest BCUT2D eigenvalue weighted by atomic mass is 32.2. The molecule has 7 heteroatoms. The summed E-state index contributed by atoms with van der Waals surface area (Å²) in [5, 5.41) is 5.65. The van der Waals surface area contributed by atoms with Crippen LogP contribution in [0.2, 0.25) is 0 Å². The molecule has 1 aliphatic rings. The predicted octanol–water partition coefficient (Wildman–Crippen LogP) is 1.97. The highest BCUT2D eigenvalue weighted by Crippen LogP contribution is 2.25. The second-order valence-electron chi connectivity index (χ2n) is 5.50. The number of rotatable bonds is 2. The summed E-state index contributed by atoms with van der Waals surface area (Å²) in [7, 11) is -3.72. The van der Waals surface area contributed by atoms with Crippen LogP contribution >= 0.6 is 0 Å². The normalized spacial score (nSPS) is 18.6. The van der Waals surface area contributed by atoms with Gasteiger partial charge < -0.3 is 10.6 Å². The number of sulfonamides is 1. The SMILES string of the molecule is Cc1ccc(NC(=O)[C@H]2Nc3ccccc3S(=O)(=O)N2)c(C)c1. The van der Waals surface area contributed by atoms with Crippen molar-refractivity contribution in [1.82, 2.24) is 4.72 Å². The molecule has 0 saturated carbocycles. The number of carbonyl (C=O) groups is 1. The van der Waals surface area contributed by atoms with E-state index >= 15 is 0 Å². The number of aryl methyl sites for hydroxylation is 2. The van der Waals surface area contributed by atoms with Crippen LogP contribution in [0.3, 0.4) is 0 Å². The van der Waals surface area contributed by atoms with Crippen LogP contribution in [-0.2, 0) is 14.8 Å². The molecule has 0 fully saturated rings. The van der Waals surface area contributed by atoms with Gasteiger partial charge in [0.05, 0.1) is 5.69 Å². The zero-order chi connectivity index (χ0) is 16.6. The standard InChI is InChI=1S/C16H17N3O3S/c1-10-7-8-12(11(2)9-10)18-16(20)15-17-13-5-3-4-6-14(13)23(21,22)19-15/h3-9,15,17,19H,1-2H3,(H,18,20)/t15-/m0/s1. The molecule has 6 nitrogen and oxygen atoms in total. The van der Waals surface area contributed by atoms with Gasteiger partial charge in [-0.2, -0.15) is 4.72 Å². The van der Waals surface area contributed by atoms with Gasteiger partial charge in [0, 0.05) is 5.69 Å². The van der Waals surface area contributed by atoms with Crippen LogP contribution < -0.4 is 15.4 Å². The number of amides is 1. The van der Waals surface area contributed by atoms with Crippen LogP contribution in [0.5, 0.6) is 0 Å². The van der Waals surface area contributed by atoms with Crippen molar-refractivity contribution in [2.45, 2.75) is 24.9 Å². The number of para-hydroxylation sites is 1. The molecule has 23 heavy (non-hydrogen) atoms. The molecule has 0 aromatic heterocycles. The Morgan fingerprint density at radius 2 is 1.87 bits per heavy atom. The second-order valence-corrected chi connectivity index (χ2v) is 7.18. The van der Waals surface area contributed by atoms with Crippen molar-refractivity contribution < 1.29 is 13.2 Å². The van der Waals surface area contributed by atoms with Crippen LogP contribution in [0.4, 0.5) is 11.4 Å². The summed E-state index contributed by atoms with van der Waals surface area (Å²) < 4.78 is 26.8. The molecule has 1 aliphatic heterocycles. The van der Waals surface area contributed by atoms with E-state index in [0.29, 0.717) is 11.4 Å². The summed E-state index contributed by atoms with van der Waals surface area (Å²) in [6.45, 7) is 3.85. The fourth-order valence-electron chi connectivity index (χ4n) is 2.50. The van der Waals surface area contributed by atoms with Crippen molar-refractivity contribution in [2.75, 3.05) is 10.6 Å². The fourth-order valence-corrected chi connectivity index (χ4v) is 3.78. The van der Waals surface area contributed by atoms with E-state index in [4.69, 9.17) is 0 Å². The molecule has 0 bridgehead atoms. The Labute approximate surface area is 135 Å². The van der Waals surface area contributed by atoms with Crippen molar-refractivity contribution in [3.8, 4) is 0 Å². The molecule has 2 aromatic carbocycles.